The van der Waals surface area contributed by atoms with Gasteiger partial charge in [-0.3, -0.25) is 4.79 Å². The van der Waals surface area contributed by atoms with E-state index < -0.39 is 0 Å². The summed E-state index contributed by atoms with van der Waals surface area (Å²) in [5.74, 6) is 1.40. The zero-order valence-corrected chi connectivity index (χ0v) is 8.60. The highest BCUT2D eigenvalue weighted by Crippen LogP contribution is 2.07. The zero-order valence-electron chi connectivity index (χ0n) is 8.60. The first-order valence-corrected chi connectivity index (χ1v) is 5.19. The molecule has 3 heteroatoms. The quantitative estimate of drug-likeness (QED) is 0.662. The van der Waals surface area contributed by atoms with Crippen LogP contribution < -0.4 is 10.6 Å². The third-order valence-electron chi connectivity index (χ3n) is 2.68. The molecule has 1 amide bonds. The molecule has 1 aliphatic rings. The monoisotopic (exact) mass is 184 g/mol. The first-order valence-electron chi connectivity index (χ1n) is 5.19. The van der Waals surface area contributed by atoms with Crippen LogP contribution in [-0.4, -0.2) is 25.5 Å². The molecule has 1 fully saturated rings. The van der Waals surface area contributed by atoms with Crippen LogP contribution in [0, 0.1) is 11.8 Å². The molecule has 13 heavy (non-hydrogen) atoms. The molecule has 3 nitrogen and oxygen atoms in total. The van der Waals surface area contributed by atoms with E-state index in [-0.39, 0.29) is 5.91 Å². The summed E-state index contributed by atoms with van der Waals surface area (Å²) in [4.78, 5) is 11.3. The van der Waals surface area contributed by atoms with E-state index in [0.717, 1.165) is 26.1 Å². The zero-order chi connectivity index (χ0) is 9.68. The Morgan fingerprint density at radius 2 is 2.31 bits per heavy atom. The molecule has 1 aliphatic heterocycles. The van der Waals surface area contributed by atoms with Crippen molar-refractivity contribution in [1.82, 2.24) is 10.6 Å². The van der Waals surface area contributed by atoms with Gasteiger partial charge in [-0.05, 0) is 24.9 Å². The number of hydrogen-bond acceptors (Lipinski definition) is 2. The number of carbonyl (C=O) groups excluding carboxylic acids is 1. The summed E-state index contributed by atoms with van der Waals surface area (Å²) in [5.41, 5.74) is 0. The molecular formula is C10H20N2O. The van der Waals surface area contributed by atoms with Gasteiger partial charge in [0, 0.05) is 13.0 Å². The smallest absolute Gasteiger partial charge is 0.220 e. The van der Waals surface area contributed by atoms with Gasteiger partial charge in [0.15, 0.2) is 0 Å². The van der Waals surface area contributed by atoms with Crippen LogP contribution in [0.15, 0.2) is 0 Å². The molecule has 0 aliphatic carbocycles. The molecule has 1 unspecified atom stereocenters. The van der Waals surface area contributed by atoms with Crippen LogP contribution in [0.4, 0.5) is 0 Å². The summed E-state index contributed by atoms with van der Waals surface area (Å²) in [6.45, 7) is 7.15. The van der Waals surface area contributed by atoms with Gasteiger partial charge in [-0.2, -0.15) is 0 Å². The van der Waals surface area contributed by atoms with Gasteiger partial charge in [-0.25, -0.2) is 0 Å². The Morgan fingerprint density at radius 1 is 1.62 bits per heavy atom. The van der Waals surface area contributed by atoms with E-state index in [1.807, 2.05) is 0 Å². The largest absolute Gasteiger partial charge is 0.356 e. The lowest BCUT2D eigenvalue weighted by atomic mass is 9.99. The third kappa shape index (κ3) is 3.77. The van der Waals surface area contributed by atoms with Crippen molar-refractivity contribution in [3.63, 3.8) is 0 Å². The number of nitrogens with one attached hydrogen (secondary N) is 2. The standard InChI is InChI=1S/C10H20N2O/c1-3-8(2)5-12-10(13)4-9-6-11-7-9/h8-9,11H,3-7H2,1-2H3,(H,12,13). The Morgan fingerprint density at radius 3 is 2.77 bits per heavy atom. The molecule has 1 atom stereocenters. The predicted octanol–water partition coefficient (Wildman–Crippen LogP) is 0.758. The molecule has 0 bridgehead atoms. The lowest BCUT2D eigenvalue weighted by Gasteiger charge is -2.26. The van der Waals surface area contributed by atoms with Crippen molar-refractivity contribution in [3.05, 3.63) is 0 Å². The fraction of sp³-hybridized carbons (Fsp3) is 0.900. The van der Waals surface area contributed by atoms with E-state index in [0.29, 0.717) is 18.3 Å². The molecule has 1 saturated heterocycles. The van der Waals surface area contributed by atoms with Gasteiger partial charge in [-0.15, -0.1) is 0 Å². The third-order valence-corrected chi connectivity index (χ3v) is 2.68. The molecule has 0 aromatic carbocycles. The summed E-state index contributed by atoms with van der Waals surface area (Å²) < 4.78 is 0. The van der Waals surface area contributed by atoms with Crippen molar-refractivity contribution < 1.29 is 4.79 Å². The normalized spacial score (nSPS) is 19.2. The highest BCUT2D eigenvalue weighted by Gasteiger charge is 2.19. The Balaban J connectivity index is 2.03. The summed E-state index contributed by atoms with van der Waals surface area (Å²) in [7, 11) is 0. The minimum Gasteiger partial charge on any atom is -0.356 e. The van der Waals surface area contributed by atoms with E-state index in [1.165, 1.54) is 0 Å². The van der Waals surface area contributed by atoms with Gasteiger partial charge in [0.2, 0.25) is 5.91 Å². The second kappa shape index (κ2) is 5.22. The van der Waals surface area contributed by atoms with Crippen molar-refractivity contribution in [1.29, 1.82) is 0 Å². The molecule has 1 rings (SSSR count). The van der Waals surface area contributed by atoms with Crippen LogP contribution in [0.5, 0.6) is 0 Å². The highest BCUT2D eigenvalue weighted by molar-refractivity contribution is 5.76. The van der Waals surface area contributed by atoms with E-state index >= 15 is 0 Å². The molecule has 0 aromatic heterocycles. The van der Waals surface area contributed by atoms with Gasteiger partial charge in [0.05, 0.1) is 0 Å². The van der Waals surface area contributed by atoms with E-state index in [9.17, 15) is 4.79 Å². The van der Waals surface area contributed by atoms with Gasteiger partial charge >= 0.3 is 0 Å². The van der Waals surface area contributed by atoms with E-state index in [1.54, 1.807) is 0 Å². The Bertz CT molecular complexity index is 166. The Kier molecular flexibility index (Phi) is 4.22. The first-order chi connectivity index (χ1) is 6.22. The molecular weight excluding hydrogens is 164 g/mol. The minimum absolute atomic E-state index is 0.215. The maximum absolute atomic E-state index is 11.3. The SMILES string of the molecule is CCC(C)CNC(=O)CC1CNC1. The molecule has 0 spiro atoms. The summed E-state index contributed by atoms with van der Waals surface area (Å²) in [6.07, 6.45) is 1.83. The minimum atomic E-state index is 0.215. The average Bonchev–Trinajstić information content (AvgIpc) is 2.07. The van der Waals surface area contributed by atoms with Crippen LogP contribution in [0.25, 0.3) is 0 Å². The van der Waals surface area contributed by atoms with Crippen molar-refractivity contribution in [2.45, 2.75) is 26.7 Å². The van der Waals surface area contributed by atoms with Gasteiger partial charge in [0.25, 0.3) is 0 Å². The number of rotatable bonds is 5. The van der Waals surface area contributed by atoms with Gasteiger partial charge in [-0.1, -0.05) is 20.3 Å². The molecule has 0 radical (unpaired) electrons. The fourth-order valence-electron chi connectivity index (χ4n) is 1.26. The van der Waals surface area contributed by atoms with E-state index in [2.05, 4.69) is 24.5 Å². The average molecular weight is 184 g/mol. The summed E-state index contributed by atoms with van der Waals surface area (Å²) >= 11 is 0. The molecule has 0 saturated carbocycles. The van der Waals surface area contributed by atoms with Crippen LogP contribution in [0.2, 0.25) is 0 Å². The second-order valence-corrected chi connectivity index (χ2v) is 4.05. The summed E-state index contributed by atoms with van der Waals surface area (Å²) in [5, 5.41) is 6.13. The number of hydrogen-bond donors (Lipinski definition) is 2. The van der Waals surface area contributed by atoms with Gasteiger partial charge in [0.1, 0.15) is 0 Å². The van der Waals surface area contributed by atoms with Crippen LogP contribution in [-0.2, 0) is 4.79 Å². The van der Waals surface area contributed by atoms with Crippen molar-refractivity contribution in [3.8, 4) is 0 Å². The maximum Gasteiger partial charge on any atom is 0.220 e. The van der Waals surface area contributed by atoms with Crippen LogP contribution in [0.1, 0.15) is 26.7 Å². The van der Waals surface area contributed by atoms with Crippen molar-refractivity contribution in [2.24, 2.45) is 11.8 Å². The van der Waals surface area contributed by atoms with Crippen molar-refractivity contribution in [2.75, 3.05) is 19.6 Å². The Hall–Kier alpha value is -0.570. The molecule has 2 N–H and O–H groups in total. The van der Waals surface area contributed by atoms with E-state index in [4.69, 9.17) is 0 Å². The predicted molar refractivity (Wildman–Crippen MR) is 53.4 cm³/mol. The van der Waals surface area contributed by atoms with Crippen LogP contribution >= 0.6 is 0 Å². The summed E-state index contributed by atoms with van der Waals surface area (Å²) in [6, 6.07) is 0. The number of carbonyl (C=O) groups is 1. The second-order valence-electron chi connectivity index (χ2n) is 4.05. The molecule has 1 heterocycles. The van der Waals surface area contributed by atoms with Crippen LogP contribution in [0.3, 0.4) is 0 Å². The lowest BCUT2D eigenvalue weighted by molar-refractivity contribution is -0.122. The maximum atomic E-state index is 11.3. The van der Waals surface area contributed by atoms with Gasteiger partial charge < -0.3 is 10.6 Å². The lowest BCUT2D eigenvalue weighted by Crippen LogP contribution is -2.44. The topological polar surface area (TPSA) is 41.1 Å². The first kappa shape index (κ1) is 10.5. The number of amides is 1. The fourth-order valence-corrected chi connectivity index (χ4v) is 1.26. The Labute approximate surface area is 80.3 Å². The van der Waals surface area contributed by atoms with Crippen molar-refractivity contribution >= 4 is 5.91 Å². The molecule has 76 valence electrons. The molecule has 0 aromatic rings. The highest BCUT2D eigenvalue weighted by atomic mass is 16.1.